The van der Waals surface area contributed by atoms with Crippen LogP contribution in [0.2, 0.25) is 0 Å². The fraction of sp³-hybridized carbons (Fsp3) is 0.250. The number of sulfonamides is 1. The molecule has 11 nitrogen and oxygen atoms in total. The van der Waals surface area contributed by atoms with Gasteiger partial charge in [0.05, 0.1) is 4.92 Å². The number of nitrogens with two attached hydrogens (primary N) is 1. The molecular formula is C8H10N6O5S2. The van der Waals surface area contributed by atoms with Gasteiger partial charge in [0.2, 0.25) is 16.4 Å². The number of anilines is 1. The van der Waals surface area contributed by atoms with Crippen molar-refractivity contribution in [3.8, 4) is 0 Å². The Morgan fingerprint density at radius 2 is 2.29 bits per heavy atom. The molecule has 13 heteroatoms. The maximum atomic E-state index is 12.0. The van der Waals surface area contributed by atoms with Gasteiger partial charge in [-0.2, -0.15) is 4.98 Å². The first-order valence-electron chi connectivity index (χ1n) is 5.44. The van der Waals surface area contributed by atoms with Crippen molar-refractivity contribution in [2.45, 2.75) is 10.6 Å². The number of nitrogen functional groups attached to an aromatic ring is 1. The molecule has 4 N–H and O–H groups in total. The van der Waals surface area contributed by atoms with Crippen molar-refractivity contribution in [1.29, 1.82) is 0 Å². The number of thiophene rings is 1. The largest absolute Gasteiger partial charge is 0.343 e. The second-order valence-electron chi connectivity index (χ2n) is 3.68. The van der Waals surface area contributed by atoms with E-state index in [9.17, 15) is 18.5 Å². The van der Waals surface area contributed by atoms with E-state index in [1.165, 1.54) is 0 Å². The van der Waals surface area contributed by atoms with Crippen molar-refractivity contribution in [2.75, 3.05) is 12.0 Å². The average molecular weight is 334 g/mol. The molecule has 2 aromatic heterocycles. The molecule has 0 amide bonds. The molecule has 0 radical (unpaired) electrons. The van der Waals surface area contributed by atoms with Crippen LogP contribution >= 0.6 is 11.3 Å². The summed E-state index contributed by atoms with van der Waals surface area (Å²) in [6.45, 7) is 0.0267. The Bertz CT molecular complexity index is 724. The summed E-state index contributed by atoms with van der Waals surface area (Å²) in [7, 11) is -3.88. The summed E-state index contributed by atoms with van der Waals surface area (Å²) in [5.41, 5.74) is 1.70. The molecule has 0 saturated carbocycles. The van der Waals surface area contributed by atoms with Crippen LogP contribution in [0.25, 0.3) is 0 Å². The predicted octanol–water partition coefficient (Wildman–Crippen LogP) is -0.154. The Morgan fingerprint density at radius 3 is 2.81 bits per heavy atom. The van der Waals surface area contributed by atoms with Crippen molar-refractivity contribution in [1.82, 2.24) is 14.9 Å². The van der Waals surface area contributed by atoms with Crippen molar-refractivity contribution in [3.63, 3.8) is 0 Å². The summed E-state index contributed by atoms with van der Waals surface area (Å²) in [5, 5.41) is 14.3. The average Bonchev–Trinajstić information content (AvgIpc) is 3.07. The van der Waals surface area contributed by atoms with Gasteiger partial charge in [0.15, 0.2) is 10.8 Å². The highest BCUT2D eigenvalue weighted by atomic mass is 32.2. The van der Waals surface area contributed by atoms with Crippen LogP contribution in [0.1, 0.15) is 5.82 Å². The first kappa shape index (κ1) is 15.3. The number of hydrogen-bond acceptors (Lipinski definition) is 10. The summed E-state index contributed by atoms with van der Waals surface area (Å²) in [6, 6.07) is 0.941. The topological polar surface area (TPSA) is 166 Å². The van der Waals surface area contributed by atoms with Crippen molar-refractivity contribution < 1.29 is 17.9 Å². The standard InChI is InChI=1S/C8H10N6O5S2/c9-12-8-5(14(15)16)3-7(20-8)21(17,18)11-2-1-6-10-4-19-13-6/h3-4,11-12H,1-2,9H2. The van der Waals surface area contributed by atoms with Crippen LogP contribution in [-0.2, 0) is 16.4 Å². The van der Waals surface area contributed by atoms with Crippen molar-refractivity contribution in [2.24, 2.45) is 5.84 Å². The molecule has 2 aromatic rings. The maximum Gasteiger partial charge on any atom is 0.306 e. The molecule has 2 heterocycles. The van der Waals surface area contributed by atoms with E-state index in [1.807, 2.05) is 0 Å². The Kier molecular flexibility index (Phi) is 4.46. The Balaban J connectivity index is 2.10. The highest BCUT2D eigenvalue weighted by Gasteiger charge is 2.25. The minimum Gasteiger partial charge on any atom is -0.343 e. The van der Waals surface area contributed by atoms with Crippen LogP contribution in [-0.4, -0.2) is 30.0 Å². The van der Waals surface area contributed by atoms with Gasteiger partial charge in [0.1, 0.15) is 4.21 Å². The second-order valence-corrected chi connectivity index (χ2v) is 6.72. The maximum absolute atomic E-state index is 12.0. The lowest BCUT2D eigenvalue weighted by Crippen LogP contribution is -2.25. The summed E-state index contributed by atoms with van der Waals surface area (Å²) < 4.78 is 30.6. The Morgan fingerprint density at radius 1 is 1.52 bits per heavy atom. The van der Waals surface area contributed by atoms with Gasteiger partial charge in [-0.1, -0.05) is 16.5 Å². The van der Waals surface area contributed by atoms with E-state index in [0.717, 1.165) is 12.5 Å². The van der Waals surface area contributed by atoms with Crippen LogP contribution in [0.4, 0.5) is 10.7 Å². The van der Waals surface area contributed by atoms with E-state index in [4.69, 9.17) is 5.84 Å². The third-order valence-electron chi connectivity index (χ3n) is 2.33. The third-order valence-corrected chi connectivity index (χ3v) is 5.32. The fourth-order valence-corrected chi connectivity index (χ4v) is 3.72. The minimum atomic E-state index is -3.88. The van der Waals surface area contributed by atoms with Gasteiger partial charge in [0.25, 0.3) is 0 Å². The van der Waals surface area contributed by atoms with Gasteiger partial charge in [-0.3, -0.25) is 10.1 Å². The molecule has 0 fully saturated rings. The quantitative estimate of drug-likeness (QED) is 0.354. The normalized spacial score (nSPS) is 11.5. The van der Waals surface area contributed by atoms with Gasteiger partial charge < -0.3 is 9.95 Å². The number of nitro groups is 1. The molecule has 0 aromatic carbocycles. The second kappa shape index (κ2) is 6.13. The molecule has 114 valence electrons. The molecule has 0 bridgehead atoms. The molecule has 0 saturated heterocycles. The van der Waals surface area contributed by atoms with Gasteiger partial charge in [0, 0.05) is 19.0 Å². The Hall–Kier alpha value is -2.09. The van der Waals surface area contributed by atoms with Crippen LogP contribution in [0.3, 0.4) is 0 Å². The van der Waals surface area contributed by atoms with Gasteiger partial charge >= 0.3 is 5.69 Å². The van der Waals surface area contributed by atoms with Gasteiger partial charge in [-0.25, -0.2) is 19.0 Å². The predicted molar refractivity (Wildman–Crippen MR) is 72.0 cm³/mol. The summed E-state index contributed by atoms with van der Waals surface area (Å²) in [4.78, 5) is 13.8. The smallest absolute Gasteiger partial charge is 0.306 e. The highest BCUT2D eigenvalue weighted by Crippen LogP contribution is 2.36. The molecule has 21 heavy (non-hydrogen) atoms. The highest BCUT2D eigenvalue weighted by molar-refractivity contribution is 7.91. The fourth-order valence-electron chi connectivity index (χ4n) is 1.40. The summed E-state index contributed by atoms with van der Waals surface area (Å²) in [5.74, 6) is 5.47. The zero-order valence-corrected chi connectivity index (χ0v) is 12.0. The van der Waals surface area contributed by atoms with Crippen LogP contribution < -0.4 is 16.0 Å². The van der Waals surface area contributed by atoms with E-state index in [0.29, 0.717) is 17.2 Å². The van der Waals surface area contributed by atoms with Crippen molar-refractivity contribution >= 4 is 32.0 Å². The molecule has 0 aliphatic rings. The monoisotopic (exact) mass is 334 g/mol. The summed E-state index contributed by atoms with van der Waals surface area (Å²) >= 11 is 0.665. The zero-order chi connectivity index (χ0) is 15.5. The number of aromatic nitrogens is 2. The molecule has 2 rings (SSSR count). The van der Waals surface area contributed by atoms with Crippen LogP contribution in [0.15, 0.2) is 21.2 Å². The Labute approximate surface area is 122 Å². The first-order valence-corrected chi connectivity index (χ1v) is 7.74. The number of nitrogens with one attached hydrogen (secondary N) is 2. The molecule has 0 spiro atoms. The summed E-state index contributed by atoms with van der Waals surface area (Å²) in [6.07, 6.45) is 1.36. The molecule has 0 aliphatic carbocycles. The minimum absolute atomic E-state index is 0.0267. The lowest BCUT2D eigenvalue weighted by atomic mass is 10.4. The third kappa shape index (κ3) is 3.52. The number of hydrogen-bond donors (Lipinski definition) is 3. The SMILES string of the molecule is NNc1sc(S(=O)(=O)NCCc2ncon2)cc1[N+](=O)[O-]. The lowest BCUT2D eigenvalue weighted by Gasteiger charge is -2.01. The number of nitrogens with zero attached hydrogens (tertiary/aromatic N) is 3. The molecule has 0 unspecified atom stereocenters. The van der Waals surface area contributed by atoms with E-state index >= 15 is 0 Å². The van der Waals surface area contributed by atoms with Gasteiger partial charge in [-0.05, 0) is 0 Å². The van der Waals surface area contributed by atoms with E-state index in [-0.39, 0.29) is 22.2 Å². The molecular weight excluding hydrogens is 324 g/mol. The van der Waals surface area contributed by atoms with E-state index < -0.39 is 20.6 Å². The molecule has 0 aliphatic heterocycles. The van der Waals surface area contributed by atoms with Crippen molar-refractivity contribution in [3.05, 3.63) is 28.4 Å². The zero-order valence-electron chi connectivity index (χ0n) is 10.3. The van der Waals surface area contributed by atoms with E-state index in [1.54, 1.807) is 0 Å². The lowest BCUT2D eigenvalue weighted by molar-refractivity contribution is -0.383. The number of rotatable bonds is 7. The van der Waals surface area contributed by atoms with Crippen LogP contribution in [0.5, 0.6) is 0 Å². The van der Waals surface area contributed by atoms with Gasteiger partial charge in [-0.15, -0.1) is 0 Å². The van der Waals surface area contributed by atoms with Crippen LogP contribution in [0, 0.1) is 10.1 Å². The van der Waals surface area contributed by atoms with E-state index in [2.05, 4.69) is 24.8 Å². The molecule has 0 atom stereocenters. The first-order chi connectivity index (χ1) is 9.94. The number of hydrazine groups is 1.